The van der Waals surface area contributed by atoms with Crippen LogP contribution in [0, 0.1) is 5.82 Å². The zero-order chi connectivity index (χ0) is 15.7. The molecule has 2 saturated heterocycles. The Labute approximate surface area is 128 Å². The molecule has 5 nitrogen and oxygen atoms in total. The van der Waals surface area contributed by atoms with Crippen LogP contribution in [0.15, 0.2) is 24.3 Å². The lowest BCUT2D eigenvalue weighted by Gasteiger charge is -2.37. The highest BCUT2D eigenvalue weighted by Crippen LogP contribution is 2.32. The third-order valence-electron chi connectivity index (χ3n) is 4.41. The smallest absolute Gasteiger partial charge is 0.410 e. The molecular formula is C16H19FN2O3. The molecule has 0 aromatic heterocycles. The van der Waals surface area contributed by atoms with Gasteiger partial charge in [0.25, 0.3) is 0 Å². The predicted octanol–water partition coefficient (Wildman–Crippen LogP) is 1.81. The van der Waals surface area contributed by atoms with Gasteiger partial charge >= 0.3 is 6.09 Å². The molecule has 0 atom stereocenters. The average molecular weight is 306 g/mol. The molecule has 2 amide bonds. The van der Waals surface area contributed by atoms with E-state index < -0.39 is 5.60 Å². The summed E-state index contributed by atoms with van der Waals surface area (Å²) in [6.45, 7) is 1.71. The number of amides is 2. The number of hydrogen-bond acceptors (Lipinski definition) is 3. The van der Waals surface area contributed by atoms with Crippen molar-refractivity contribution in [1.82, 2.24) is 9.80 Å². The van der Waals surface area contributed by atoms with Gasteiger partial charge in [-0.1, -0.05) is 12.1 Å². The highest BCUT2D eigenvalue weighted by molar-refractivity contribution is 5.79. The third-order valence-corrected chi connectivity index (χ3v) is 4.41. The normalized spacial score (nSPS) is 20.4. The lowest BCUT2D eigenvalue weighted by atomic mass is 9.91. The van der Waals surface area contributed by atoms with Crippen molar-refractivity contribution in [2.24, 2.45) is 0 Å². The van der Waals surface area contributed by atoms with Crippen LogP contribution in [0.4, 0.5) is 9.18 Å². The molecule has 118 valence electrons. The monoisotopic (exact) mass is 306 g/mol. The van der Waals surface area contributed by atoms with Crippen LogP contribution < -0.4 is 0 Å². The molecule has 6 heteroatoms. The minimum Gasteiger partial charge on any atom is -0.441 e. The first-order valence-corrected chi connectivity index (χ1v) is 7.44. The van der Waals surface area contributed by atoms with Crippen LogP contribution in [-0.4, -0.2) is 54.1 Å². The quantitative estimate of drug-likeness (QED) is 0.837. The van der Waals surface area contributed by atoms with Gasteiger partial charge in [-0.3, -0.25) is 4.79 Å². The second kappa shape index (κ2) is 5.59. The molecule has 1 aromatic carbocycles. The van der Waals surface area contributed by atoms with Gasteiger partial charge in [-0.25, -0.2) is 9.18 Å². The molecule has 0 N–H and O–H groups in total. The van der Waals surface area contributed by atoms with Crippen molar-refractivity contribution in [2.45, 2.75) is 24.9 Å². The number of likely N-dealkylation sites (N-methyl/N-ethyl adjacent to an activating group) is 1. The van der Waals surface area contributed by atoms with Gasteiger partial charge < -0.3 is 14.5 Å². The molecule has 2 fully saturated rings. The fourth-order valence-corrected chi connectivity index (χ4v) is 3.15. The van der Waals surface area contributed by atoms with Crippen LogP contribution in [0.1, 0.15) is 18.4 Å². The number of piperidine rings is 1. The van der Waals surface area contributed by atoms with E-state index in [1.54, 1.807) is 29.0 Å². The van der Waals surface area contributed by atoms with E-state index in [1.807, 2.05) is 0 Å². The van der Waals surface area contributed by atoms with Gasteiger partial charge in [0, 0.05) is 33.0 Å². The number of ether oxygens (including phenoxy) is 1. The van der Waals surface area contributed by atoms with Gasteiger partial charge in [-0.05, 0) is 17.7 Å². The third kappa shape index (κ3) is 2.91. The number of likely N-dealkylation sites (tertiary alicyclic amines) is 1. The zero-order valence-electron chi connectivity index (χ0n) is 12.5. The van der Waals surface area contributed by atoms with E-state index in [0.29, 0.717) is 38.0 Å². The summed E-state index contributed by atoms with van der Waals surface area (Å²) in [6.07, 6.45) is 1.21. The maximum absolute atomic E-state index is 13.2. The van der Waals surface area contributed by atoms with E-state index in [4.69, 9.17) is 4.74 Å². The second-order valence-electron chi connectivity index (χ2n) is 6.09. The average Bonchev–Trinajstić information content (AvgIpc) is 2.74. The second-order valence-corrected chi connectivity index (χ2v) is 6.09. The van der Waals surface area contributed by atoms with Crippen molar-refractivity contribution in [1.29, 1.82) is 0 Å². The van der Waals surface area contributed by atoms with Crippen molar-refractivity contribution in [3.63, 3.8) is 0 Å². The Morgan fingerprint density at radius 3 is 2.68 bits per heavy atom. The Balaban J connectivity index is 1.57. The Kier molecular flexibility index (Phi) is 3.76. The SMILES string of the molecule is CN1CC2(CCN(C(=O)Cc3cccc(F)c3)CC2)OC1=O. The first kappa shape index (κ1) is 14.8. The maximum atomic E-state index is 13.2. The molecule has 3 rings (SSSR count). The van der Waals surface area contributed by atoms with Crippen molar-refractivity contribution < 1.29 is 18.7 Å². The number of halogens is 1. The zero-order valence-corrected chi connectivity index (χ0v) is 12.5. The summed E-state index contributed by atoms with van der Waals surface area (Å²) in [5.41, 5.74) is 0.235. The molecule has 2 aliphatic rings. The summed E-state index contributed by atoms with van der Waals surface area (Å²) in [7, 11) is 1.72. The lowest BCUT2D eigenvalue weighted by molar-refractivity contribution is -0.133. The number of carbonyl (C=O) groups is 2. The molecule has 1 spiro atoms. The Hall–Kier alpha value is -2.11. The van der Waals surface area contributed by atoms with Crippen molar-refractivity contribution in [2.75, 3.05) is 26.7 Å². The number of nitrogens with zero attached hydrogens (tertiary/aromatic N) is 2. The molecule has 2 aliphatic heterocycles. The van der Waals surface area contributed by atoms with E-state index in [9.17, 15) is 14.0 Å². The van der Waals surface area contributed by atoms with Crippen LogP contribution in [0.2, 0.25) is 0 Å². The van der Waals surface area contributed by atoms with E-state index in [0.717, 1.165) is 0 Å². The maximum Gasteiger partial charge on any atom is 0.410 e. The van der Waals surface area contributed by atoms with Crippen molar-refractivity contribution in [3.8, 4) is 0 Å². The van der Waals surface area contributed by atoms with Gasteiger partial charge in [-0.2, -0.15) is 0 Å². The first-order valence-electron chi connectivity index (χ1n) is 7.44. The molecule has 1 aromatic rings. The minimum absolute atomic E-state index is 0.0156. The molecule has 2 heterocycles. The Morgan fingerprint density at radius 2 is 2.09 bits per heavy atom. The van der Waals surface area contributed by atoms with Gasteiger partial charge in [0.1, 0.15) is 11.4 Å². The van der Waals surface area contributed by atoms with Crippen molar-refractivity contribution >= 4 is 12.0 Å². The van der Waals surface area contributed by atoms with Gasteiger partial charge in [-0.15, -0.1) is 0 Å². The number of carbonyl (C=O) groups excluding carboxylic acids is 2. The van der Waals surface area contributed by atoms with E-state index >= 15 is 0 Å². The van der Waals surface area contributed by atoms with Gasteiger partial charge in [0.15, 0.2) is 0 Å². The molecule has 0 bridgehead atoms. The summed E-state index contributed by atoms with van der Waals surface area (Å²) >= 11 is 0. The highest BCUT2D eigenvalue weighted by atomic mass is 19.1. The summed E-state index contributed by atoms with van der Waals surface area (Å²) in [5, 5.41) is 0. The van der Waals surface area contributed by atoms with Crippen LogP contribution >= 0.6 is 0 Å². The molecule has 22 heavy (non-hydrogen) atoms. The molecular weight excluding hydrogens is 287 g/mol. The number of hydrogen-bond donors (Lipinski definition) is 0. The summed E-state index contributed by atoms with van der Waals surface area (Å²) in [6, 6.07) is 6.11. The Morgan fingerprint density at radius 1 is 1.36 bits per heavy atom. The minimum atomic E-state index is -0.443. The van der Waals surface area contributed by atoms with Crippen molar-refractivity contribution in [3.05, 3.63) is 35.6 Å². The fraction of sp³-hybridized carbons (Fsp3) is 0.500. The van der Waals surface area contributed by atoms with E-state index in [1.165, 1.54) is 12.1 Å². The largest absolute Gasteiger partial charge is 0.441 e. The van der Waals surface area contributed by atoms with E-state index in [2.05, 4.69) is 0 Å². The molecule has 0 unspecified atom stereocenters. The standard InChI is InChI=1S/C16H19FN2O3/c1-18-11-16(22-15(18)21)5-7-19(8-6-16)14(20)10-12-3-2-4-13(17)9-12/h2-4,9H,5-8,10-11H2,1H3. The predicted molar refractivity (Wildman–Crippen MR) is 77.8 cm³/mol. The number of benzene rings is 1. The molecule has 0 aliphatic carbocycles. The van der Waals surface area contributed by atoms with Crippen LogP contribution in [0.5, 0.6) is 0 Å². The molecule has 0 saturated carbocycles. The fourth-order valence-electron chi connectivity index (χ4n) is 3.15. The summed E-state index contributed by atoms with van der Waals surface area (Å²) in [4.78, 5) is 27.2. The molecule has 0 radical (unpaired) electrons. The van der Waals surface area contributed by atoms with Gasteiger partial charge in [0.05, 0.1) is 13.0 Å². The summed E-state index contributed by atoms with van der Waals surface area (Å²) < 4.78 is 18.6. The number of rotatable bonds is 2. The van der Waals surface area contributed by atoms with Crippen LogP contribution in [0.25, 0.3) is 0 Å². The lowest BCUT2D eigenvalue weighted by Crippen LogP contribution is -2.48. The first-order chi connectivity index (χ1) is 10.5. The van der Waals surface area contributed by atoms with Gasteiger partial charge in [0.2, 0.25) is 5.91 Å². The summed E-state index contributed by atoms with van der Waals surface area (Å²) in [5.74, 6) is -0.345. The van der Waals surface area contributed by atoms with Crippen LogP contribution in [-0.2, 0) is 16.0 Å². The Bertz CT molecular complexity index is 597. The topological polar surface area (TPSA) is 49.9 Å². The van der Waals surface area contributed by atoms with Crippen LogP contribution in [0.3, 0.4) is 0 Å². The highest BCUT2D eigenvalue weighted by Gasteiger charge is 2.46. The van der Waals surface area contributed by atoms with E-state index in [-0.39, 0.29) is 24.2 Å².